The highest BCUT2D eigenvalue weighted by molar-refractivity contribution is 5.69. The lowest BCUT2D eigenvalue weighted by Gasteiger charge is -2.31. The molecular weight excluding hydrogens is 384 g/mol. The first-order valence-electron chi connectivity index (χ1n) is 11.5. The second kappa shape index (κ2) is 8.83. The van der Waals surface area contributed by atoms with Crippen LogP contribution < -0.4 is 10.9 Å². The molecule has 5 nitrogen and oxygen atoms in total. The molecule has 5 heteroatoms. The molecule has 164 valence electrons. The van der Waals surface area contributed by atoms with E-state index < -0.39 is 0 Å². The van der Waals surface area contributed by atoms with Gasteiger partial charge in [0.25, 0.3) is 5.56 Å². The Hall–Kier alpha value is -2.66. The van der Waals surface area contributed by atoms with E-state index in [9.17, 15) is 4.79 Å². The Kier molecular flexibility index (Phi) is 6.15. The van der Waals surface area contributed by atoms with Gasteiger partial charge in [0.1, 0.15) is 5.65 Å². The second-order valence-corrected chi connectivity index (χ2v) is 9.60. The maximum atomic E-state index is 13.3. The van der Waals surface area contributed by atoms with Gasteiger partial charge in [-0.05, 0) is 69.9 Å². The monoisotopic (exact) mass is 418 g/mol. The fourth-order valence-corrected chi connectivity index (χ4v) is 4.41. The number of aryl methyl sites for hydroxylation is 1. The summed E-state index contributed by atoms with van der Waals surface area (Å²) >= 11 is 0. The standard InChI is InChI=1S/C26H34N4O/c1-5-6-9-22-24(25(31)30-16-8-7-10-23(30)28-22)19-11-13-20(14-12-19)27-21-15-17-29(18-21)26(2,3)4/h7-8,10-14,16,21,27H,5-6,9,15,17-18H2,1-4H3. The molecule has 0 spiro atoms. The topological polar surface area (TPSA) is 49.6 Å². The third kappa shape index (κ3) is 4.67. The van der Waals surface area contributed by atoms with Crippen molar-refractivity contribution in [1.82, 2.24) is 14.3 Å². The van der Waals surface area contributed by atoms with Crippen molar-refractivity contribution in [3.63, 3.8) is 0 Å². The van der Waals surface area contributed by atoms with E-state index >= 15 is 0 Å². The second-order valence-electron chi connectivity index (χ2n) is 9.60. The van der Waals surface area contributed by atoms with Crippen molar-refractivity contribution >= 4 is 11.3 Å². The van der Waals surface area contributed by atoms with Gasteiger partial charge in [-0.25, -0.2) is 4.98 Å². The molecular formula is C26H34N4O. The molecule has 0 aliphatic carbocycles. The highest BCUT2D eigenvalue weighted by Crippen LogP contribution is 2.26. The first-order valence-corrected chi connectivity index (χ1v) is 11.5. The maximum Gasteiger partial charge on any atom is 0.265 e. The summed E-state index contributed by atoms with van der Waals surface area (Å²) in [7, 11) is 0. The molecule has 1 aromatic carbocycles. The molecule has 3 heterocycles. The zero-order valence-corrected chi connectivity index (χ0v) is 19.2. The molecule has 3 aromatic rings. The summed E-state index contributed by atoms with van der Waals surface area (Å²) in [5, 5.41) is 3.67. The number of unbranched alkanes of at least 4 members (excludes halogenated alkanes) is 1. The number of pyridine rings is 1. The number of aromatic nitrogens is 2. The normalized spacial score (nSPS) is 17.4. The lowest BCUT2D eigenvalue weighted by molar-refractivity contribution is 0.174. The number of rotatable bonds is 6. The van der Waals surface area contributed by atoms with Crippen LogP contribution in [0.15, 0.2) is 53.5 Å². The number of hydrogen-bond donors (Lipinski definition) is 1. The number of fused-ring (bicyclic) bond motifs is 1. The summed E-state index contributed by atoms with van der Waals surface area (Å²) in [6, 6.07) is 14.5. The van der Waals surface area contributed by atoms with E-state index in [1.807, 2.05) is 18.2 Å². The van der Waals surface area contributed by atoms with Gasteiger partial charge in [-0.2, -0.15) is 0 Å². The van der Waals surface area contributed by atoms with E-state index in [0.717, 1.165) is 61.3 Å². The van der Waals surface area contributed by atoms with Gasteiger partial charge in [-0.1, -0.05) is 31.5 Å². The van der Waals surface area contributed by atoms with Crippen LogP contribution in [-0.2, 0) is 6.42 Å². The van der Waals surface area contributed by atoms with Crippen LogP contribution in [0.25, 0.3) is 16.8 Å². The van der Waals surface area contributed by atoms with Gasteiger partial charge in [0.2, 0.25) is 0 Å². The molecule has 1 aliphatic heterocycles. The van der Waals surface area contributed by atoms with Crippen molar-refractivity contribution < 1.29 is 0 Å². The van der Waals surface area contributed by atoms with Crippen LogP contribution in [0.4, 0.5) is 5.69 Å². The van der Waals surface area contributed by atoms with Gasteiger partial charge in [-0.15, -0.1) is 0 Å². The summed E-state index contributed by atoms with van der Waals surface area (Å²) in [6.45, 7) is 11.2. The molecule has 1 fully saturated rings. The molecule has 1 unspecified atom stereocenters. The molecule has 0 bridgehead atoms. The van der Waals surface area contributed by atoms with E-state index in [4.69, 9.17) is 4.98 Å². The third-order valence-electron chi connectivity index (χ3n) is 6.26. The highest BCUT2D eigenvalue weighted by atomic mass is 16.1. The van der Waals surface area contributed by atoms with Crippen molar-refractivity contribution in [2.45, 2.75) is 65.0 Å². The van der Waals surface area contributed by atoms with Gasteiger partial charge in [0.15, 0.2) is 0 Å². The van der Waals surface area contributed by atoms with E-state index in [2.05, 4.69) is 62.2 Å². The molecule has 0 radical (unpaired) electrons. The van der Waals surface area contributed by atoms with Crippen LogP contribution >= 0.6 is 0 Å². The molecule has 0 saturated carbocycles. The number of anilines is 1. The molecule has 1 atom stereocenters. The molecule has 1 aliphatic rings. The number of nitrogens with zero attached hydrogens (tertiary/aromatic N) is 3. The zero-order chi connectivity index (χ0) is 22.0. The van der Waals surface area contributed by atoms with Gasteiger partial charge in [0, 0.05) is 36.6 Å². The summed E-state index contributed by atoms with van der Waals surface area (Å²) in [4.78, 5) is 20.7. The first-order chi connectivity index (χ1) is 14.9. The molecule has 0 amide bonds. The molecule has 31 heavy (non-hydrogen) atoms. The average Bonchev–Trinajstić information content (AvgIpc) is 3.22. The Morgan fingerprint density at radius 3 is 2.58 bits per heavy atom. The molecule has 2 aromatic heterocycles. The number of hydrogen-bond acceptors (Lipinski definition) is 4. The Balaban J connectivity index is 1.60. The van der Waals surface area contributed by atoms with Gasteiger partial charge < -0.3 is 5.32 Å². The number of likely N-dealkylation sites (tertiary alicyclic amines) is 1. The summed E-state index contributed by atoms with van der Waals surface area (Å²) in [6.07, 6.45) is 5.86. The number of nitrogens with one attached hydrogen (secondary N) is 1. The van der Waals surface area contributed by atoms with Gasteiger partial charge in [-0.3, -0.25) is 14.1 Å². The Labute approximate surface area is 185 Å². The van der Waals surface area contributed by atoms with Crippen molar-refractivity contribution in [2.24, 2.45) is 0 Å². The van der Waals surface area contributed by atoms with Crippen molar-refractivity contribution in [3.05, 3.63) is 64.7 Å². The fraction of sp³-hybridized carbons (Fsp3) is 0.462. The molecule has 4 rings (SSSR count). The zero-order valence-electron chi connectivity index (χ0n) is 19.2. The highest BCUT2D eigenvalue weighted by Gasteiger charge is 2.30. The Morgan fingerprint density at radius 2 is 1.90 bits per heavy atom. The minimum absolute atomic E-state index is 0.00836. The average molecular weight is 419 g/mol. The fourth-order valence-electron chi connectivity index (χ4n) is 4.41. The maximum absolute atomic E-state index is 13.3. The predicted molar refractivity (Wildman–Crippen MR) is 129 cm³/mol. The third-order valence-corrected chi connectivity index (χ3v) is 6.26. The van der Waals surface area contributed by atoms with E-state index in [-0.39, 0.29) is 11.1 Å². The van der Waals surface area contributed by atoms with Gasteiger partial charge >= 0.3 is 0 Å². The largest absolute Gasteiger partial charge is 0.381 e. The van der Waals surface area contributed by atoms with Crippen LogP contribution in [0.3, 0.4) is 0 Å². The Morgan fingerprint density at radius 1 is 1.13 bits per heavy atom. The lowest BCUT2D eigenvalue weighted by atomic mass is 10.0. The van der Waals surface area contributed by atoms with Crippen LogP contribution in [0.5, 0.6) is 0 Å². The van der Waals surface area contributed by atoms with Crippen LogP contribution in [0.1, 0.15) is 52.7 Å². The smallest absolute Gasteiger partial charge is 0.265 e. The van der Waals surface area contributed by atoms with Crippen LogP contribution in [0.2, 0.25) is 0 Å². The summed E-state index contributed by atoms with van der Waals surface area (Å²) in [5.74, 6) is 0. The SMILES string of the molecule is CCCCc1nc2ccccn2c(=O)c1-c1ccc(NC2CCN(C(C)(C)C)C2)cc1. The summed E-state index contributed by atoms with van der Waals surface area (Å²) < 4.78 is 1.65. The number of benzene rings is 1. The van der Waals surface area contributed by atoms with Crippen molar-refractivity contribution in [3.8, 4) is 11.1 Å². The van der Waals surface area contributed by atoms with E-state index in [0.29, 0.717) is 11.7 Å². The van der Waals surface area contributed by atoms with Crippen molar-refractivity contribution in [2.75, 3.05) is 18.4 Å². The van der Waals surface area contributed by atoms with E-state index in [1.165, 1.54) is 0 Å². The first kappa shape index (κ1) is 21.6. The van der Waals surface area contributed by atoms with Crippen molar-refractivity contribution in [1.29, 1.82) is 0 Å². The molecule has 1 N–H and O–H groups in total. The van der Waals surface area contributed by atoms with Crippen LogP contribution in [-0.4, -0.2) is 39.0 Å². The summed E-state index contributed by atoms with van der Waals surface area (Å²) in [5.41, 5.74) is 4.60. The quantitative estimate of drug-likeness (QED) is 0.613. The van der Waals surface area contributed by atoms with Gasteiger partial charge in [0.05, 0.1) is 11.3 Å². The lowest BCUT2D eigenvalue weighted by Crippen LogP contribution is -2.40. The predicted octanol–water partition coefficient (Wildman–Crippen LogP) is 4.99. The Bertz CT molecular complexity index is 1100. The minimum Gasteiger partial charge on any atom is -0.381 e. The minimum atomic E-state index is 0.00836. The van der Waals surface area contributed by atoms with E-state index in [1.54, 1.807) is 10.6 Å². The van der Waals surface area contributed by atoms with Crippen LogP contribution in [0, 0.1) is 0 Å². The molecule has 1 saturated heterocycles.